The highest BCUT2D eigenvalue weighted by atomic mass is 35.5. The van der Waals surface area contributed by atoms with Gasteiger partial charge in [0.05, 0.1) is 10.7 Å². The van der Waals surface area contributed by atoms with Gasteiger partial charge in [-0.3, -0.25) is 4.79 Å². The normalized spacial score (nSPS) is 10.9. The molecule has 1 heterocycles. The van der Waals surface area contributed by atoms with Crippen molar-refractivity contribution in [1.29, 1.82) is 0 Å². The van der Waals surface area contributed by atoms with Crippen molar-refractivity contribution in [3.05, 3.63) is 50.4 Å². The molecule has 1 amide bonds. The molecule has 0 radical (unpaired) electrons. The molecule has 5 heteroatoms. The number of nitrogens with zero attached hydrogens (tertiary/aromatic N) is 1. The Morgan fingerprint density at radius 3 is 2.62 bits per heavy atom. The quantitative estimate of drug-likeness (QED) is 0.895. The molecule has 2 rings (SSSR count). The summed E-state index contributed by atoms with van der Waals surface area (Å²) in [6, 6.07) is 7.46. The van der Waals surface area contributed by atoms with E-state index in [1.165, 1.54) is 11.3 Å². The van der Waals surface area contributed by atoms with Crippen molar-refractivity contribution in [2.75, 3.05) is 0 Å². The zero-order valence-corrected chi connectivity index (χ0v) is 14.0. The Morgan fingerprint density at radius 1 is 1.33 bits per heavy atom. The van der Waals surface area contributed by atoms with E-state index < -0.39 is 0 Å². The maximum absolute atomic E-state index is 12.2. The predicted molar refractivity (Wildman–Crippen MR) is 88.0 cm³/mol. The number of thiazole rings is 1. The molecule has 0 aliphatic rings. The minimum atomic E-state index is -0.0602. The van der Waals surface area contributed by atoms with Crippen LogP contribution in [0.4, 0.5) is 0 Å². The van der Waals surface area contributed by atoms with E-state index in [9.17, 15) is 4.79 Å². The van der Waals surface area contributed by atoms with E-state index in [4.69, 9.17) is 11.6 Å². The molecule has 0 unspecified atom stereocenters. The lowest BCUT2D eigenvalue weighted by atomic mass is 10.1. The van der Waals surface area contributed by atoms with Crippen molar-refractivity contribution in [3.8, 4) is 0 Å². The average Bonchev–Trinajstić information content (AvgIpc) is 2.77. The van der Waals surface area contributed by atoms with E-state index in [1.807, 2.05) is 31.2 Å². The van der Waals surface area contributed by atoms with Gasteiger partial charge < -0.3 is 5.32 Å². The average molecular weight is 323 g/mol. The van der Waals surface area contributed by atoms with Gasteiger partial charge in [0, 0.05) is 18.0 Å². The zero-order valence-electron chi connectivity index (χ0n) is 12.4. The number of nitrogens with one attached hydrogen (secondary N) is 1. The highest BCUT2D eigenvalue weighted by molar-refractivity contribution is 7.13. The summed E-state index contributed by atoms with van der Waals surface area (Å²) in [4.78, 5) is 17.4. The Labute approximate surface area is 134 Å². The summed E-state index contributed by atoms with van der Waals surface area (Å²) in [7, 11) is 0. The molecule has 0 saturated carbocycles. The number of carbonyl (C=O) groups excluding carboxylic acids is 1. The van der Waals surface area contributed by atoms with Gasteiger partial charge in [-0.1, -0.05) is 37.6 Å². The minimum absolute atomic E-state index is 0.0602. The maximum atomic E-state index is 12.2. The number of aromatic nitrogens is 1. The fourth-order valence-electron chi connectivity index (χ4n) is 1.96. The maximum Gasteiger partial charge on any atom is 0.263 e. The summed E-state index contributed by atoms with van der Waals surface area (Å²) in [6.45, 7) is 6.68. The molecule has 0 aliphatic carbocycles. The van der Waals surface area contributed by atoms with Gasteiger partial charge in [-0.05, 0) is 30.5 Å². The third-order valence-electron chi connectivity index (χ3n) is 3.00. The molecule has 0 spiro atoms. The topological polar surface area (TPSA) is 42.0 Å². The Hall–Kier alpha value is -1.39. The van der Waals surface area contributed by atoms with Crippen LogP contribution in [-0.4, -0.2) is 10.9 Å². The molecule has 1 aromatic heterocycles. The Balaban J connectivity index is 2.00. The van der Waals surface area contributed by atoms with Crippen LogP contribution in [0.25, 0.3) is 0 Å². The van der Waals surface area contributed by atoms with Crippen LogP contribution in [0.15, 0.2) is 24.3 Å². The van der Waals surface area contributed by atoms with Crippen LogP contribution in [0.3, 0.4) is 0 Å². The predicted octanol–water partition coefficient (Wildman–Crippen LogP) is 4.23. The summed E-state index contributed by atoms with van der Waals surface area (Å²) >= 11 is 7.33. The van der Waals surface area contributed by atoms with E-state index in [1.54, 1.807) is 0 Å². The number of halogens is 1. The second-order valence-electron chi connectivity index (χ2n) is 5.43. The lowest BCUT2D eigenvalue weighted by molar-refractivity contribution is 0.0954. The van der Waals surface area contributed by atoms with E-state index in [-0.39, 0.29) is 5.91 Å². The molecule has 0 atom stereocenters. The van der Waals surface area contributed by atoms with Crippen LogP contribution in [-0.2, 0) is 13.0 Å². The largest absolute Gasteiger partial charge is 0.347 e. The highest BCUT2D eigenvalue weighted by Gasteiger charge is 2.15. The van der Waals surface area contributed by atoms with E-state index in [2.05, 4.69) is 24.1 Å². The van der Waals surface area contributed by atoms with Crippen molar-refractivity contribution in [2.45, 2.75) is 33.7 Å². The number of benzene rings is 1. The van der Waals surface area contributed by atoms with Crippen LogP contribution < -0.4 is 5.32 Å². The Bertz CT molecular complexity index is 620. The van der Waals surface area contributed by atoms with Crippen molar-refractivity contribution in [2.24, 2.45) is 5.92 Å². The fourth-order valence-corrected chi connectivity index (χ4v) is 3.28. The summed E-state index contributed by atoms with van der Waals surface area (Å²) in [6.07, 6.45) is 0.913. The van der Waals surface area contributed by atoms with Gasteiger partial charge in [0.2, 0.25) is 0 Å². The van der Waals surface area contributed by atoms with Gasteiger partial charge in [0.1, 0.15) is 4.88 Å². The molecule has 1 aromatic carbocycles. The van der Waals surface area contributed by atoms with Crippen molar-refractivity contribution >= 4 is 28.8 Å². The van der Waals surface area contributed by atoms with Crippen LogP contribution >= 0.6 is 22.9 Å². The van der Waals surface area contributed by atoms with Gasteiger partial charge >= 0.3 is 0 Å². The third kappa shape index (κ3) is 4.55. The molecule has 21 heavy (non-hydrogen) atoms. The van der Waals surface area contributed by atoms with Crippen LogP contribution in [0, 0.1) is 12.8 Å². The standard InChI is InChI=1S/C16H19ClN2OS/c1-10(2)8-14-19-11(3)15(21-14)16(20)18-9-12-4-6-13(17)7-5-12/h4-7,10H,8-9H2,1-3H3,(H,18,20). The van der Waals surface area contributed by atoms with Gasteiger partial charge in [-0.2, -0.15) is 0 Å². The number of rotatable bonds is 5. The highest BCUT2D eigenvalue weighted by Crippen LogP contribution is 2.20. The van der Waals surface area contributed by atoms with Crippen LogP contribution in [0.2, 0.25) is 5.02 Å². The lowest BCUT2D eigenvalue weighted by Gasteiger charge is -2.04. The third-order valence-corrected chi connectivity index (χ3v) is 4.43. The zero-order chi connectivity index (χ0) is 15.4. The van der Waals surface area contributed by atoms with Crippen molar-refractivity contribution < 1.29 is 4.79 Å². The molecule has 0 saturated heterocycles. The minimum Gasteiger partial charge on any atom is -0.347 e. The number of amides is 1. The van der Waals surface area contributed by atoms with Gasteiger partial charge in [0.15, 0.2) is 0 Å². The molecule has 1 N–H and O–H groups in total. The molecular formula is C16H19ClN2OS. The molecule has 0 aliphatic heterocycles. The van der Waals surface area contributed by atoms with E-state index in [0.29, 0.717) is 22.4 Å². The molecule has 0 fully saturated rings. The Morgan fingerprint density at radius 2 is 2.00 bits per heavy atom. The second-order valence-corrected chi connectivity index (χ2v) is 6.95. The molecule has 3 nitrogen and oxygen atoms in total. The van der Waals surface area contributed by atoms with Crippen molar-refractivity contribution in [1.82, 2.24) is 10.3 Å². The smallest absolute Gasteiger partial charge is 0.263 e. The molecule has 2 aromatic rings. The summed E-state index contributed by atoms with van der Waals surface area (Å²) in [5, 5.41) is 4.65. The number of hydrogen-bond acceptors (Lipinski definition) is 3. The fraction of sp³-hybridized carbons (Fsp3) is 0.375. The second kappa shape index (κ2) is 7.05. The lowest BCUT2D eigenvalue weighted by Crippen LogP contribution is -2.22. The summed E-state index contributed by atoms with van der Waals surface area (Å²) in [5.41, 5.74) is 1.83. The first-order valence-corrected chi connectivity index (χ1v) is 8.14. The molecule has 0 bridgehead atoms. The first-order chi connectivity index (χ1) is 9.95. The first kappa shape index (κ1) is 16.0. The number of hydrogen-bond donors (Lipinski definition) is 1. The number of aryl methyl sites for hydroxylation is 1. The number of carbonyl (C=O) groups is 1. The monoisotopic (exact) mass is 322 g/mol. The van der Waals surface area contributed by atoms with Gasteiger partial charge in [-0.25, -0.2) is 4.98 Å². The summed E-state index contributed by atoms with van der Waals surface area (Å²) < 4.78 is 0. The van der Waals surface area contributed by atoms with E-state index in [0.717, 1.165) is 22.7 Å². The molecular weight excluding hydrogens is 304 g/mol. The van der Waals surface area contributed by atoms with Crippen LogP contribution in [0.5, 0.6) is 0 Å². The van der Waals surface area contributed by atoms with Crippen LogP contribution in [0.1, 0.15) is 39.8 Å². The molecule has 112 valence electrons. The van der Waals surface area contributed by atoms with Crippen molar-refractivity contribution in [3.63, 3.8) is 0 Å². The SMILES string of the molecule is Cc1nc(CC(C)C)sc1C(=O)NCc1ccc(Cl)cc1. The summed E-state index contributed by atoms with van der Waals surface area (Å²) in [5.74, 6) is 0.482. The Kier molecular flexibility index (Phi) is 5.37. The van der Waals surface area contributed by atoms with E-state index >= 15 is 0 Å². The first-order valence-electron chi connectivity index (χ1n) is 6.94. The van der Waals surface area contributed by atoms with Gasteiger partial charge in [0.25, 0.3) is 5.91 Å². The van der Waals surface area contributed by atoms with Gasteiger partial charge in [-0.15, -0.1) is 11.3 Å².